The summed E-state index contributed by atoms with van der Waals surface area (Å²) in [4.78, 5) is 8.27. The first-order chi connectivity index (χ1) is 24.7. The fourth-order valence-corrected chi connectivity index (χ4v) is 6.78. The van der Waals surface area contributed by atoms with Crippen LogP contribution in [0, 0.1) is 61.7 Å². The first-order valence-corrected chi connectivity index (χ1v) is 21.1. The first kappa shape index (κ1) is 47.7. The van der Waals surface area contributed by atoms with Crippen LogP contribution < -0.4 is 0 Å². The van der Waals surface area contributed by atoms with Crippen LogP contribution in [0.15, 0.2) is 0 Å². The number of rotatable bonds is 39. The van der Waals surface area contributed by atoms with E-state index in [1.165, 1.54) is 207 Å². The van der Waals surface area contributed by atoms with Gasteiger partial charge in [-0.3, -0.25) is 0 Å². The molecule has 0 saturated heterocycles. The molecule has 3 heteroatoms. The van der Waals surface area contributed by atoms with Gasteiger partial charge in [-0.05, 0) is 142 Å². The predicted molar refractivity (Wildman–Crippen MR) is 223 cm³/mol. The van der Waals surface area contributed by atoms with Crippen molar-refractivity contribution in [3.63, 3.8) is 0 Å². The highest BCUT2D eigenvalue weighted by Gasteiger charge is 2.10. The molecule has 50 heavy (non-hydrogen) atoms. The van der Waals surface area contributed by atoms with Gasteiger partial charge < -0.3 is 14.7 Å². The summed E-state index contributed by atoms with van der Waals surface area (Å²) in [7, 11) is 0. The molecule has 0 aromatic carbocycles. The lowest BCUT2D eigenvalue weighted by atomic mass is 10.1. The Morgan fingerprint density at radius 1 is 0.200 bits per heavy atom. The summed E-state index contributed by atoms with van der Waals surface area (Å²) < 4.78 is 0. The van der Waals surface area contributed by atoms with E-state index in [0.717, 1.165) is 32.1 Å². The molecule has 0 amide bonds. The van der Waals surface area contributed by atoms with E-state index in [1.807, 2.05) is 0 Å². The highest BCUT2D eigenvalue weighted by atomic mass is 15.1. The van der Waals surface area contributed by atoms with Crippen molar-refractivity contribution in [3.05, 3.63) is 0 Å². The third-order valence-corrected chi connectivity index (χ3v) is 9.87. The lowest BCUT2D eigenvalue weighted by molar-refractivity contribution is 0.209. The van der Waals surface area contributed by atoms with Gasteiger partial charge in [-0.15, -0.1) is 61.7 Å². The molecule has 0 aromatic heterocycles. The molecule has 0 radical (unpaired) electrons. The smallest absolute Gasteiger partial charge is 0.00860 e. The van der Waals surface area contributed by atoms with Crippen LogP contribution in [0.5, 0.6) is 0 Å². The van der Waals surface area contributed by atoms with Crippen LogP contribution in [0.4, 0.5) is 0 Å². The second-order valence-corrected chi connectivity index (χ2v) is 14.4. The van der Waals surface area contributed by atoms with Crippen LogP contribution in [0.1, 0.15) is 180 Å². The zero-order valence-electron chi connectivity index (χ0n) is 32.9. The molecule has 0 aliphatic rings. The Labute approximate surface area is 314 Å². The Bertz CT molecular complexity index is 867. The molecule has 0 atom stereocenters. The second-order valence-electron chi connectivity index (χ2n) is 14.4. The zero-order chi connectivity index (χ0) is 36.4. The van der Waals surface area contributed by atoms with Gasteiger partial charge in [0.1, 0.15) is 0 Å². The van der Waals surface area contributed by atoms with Crippen molar-refractivity contribution in [2.24, 2.45) is 0 Å². The lowest BCUT2D eigenvalue weighted by Crippen LogP contribution is -2.33. The molecular weight excluding hydrogens is 607 g/mol. The minimum absolute atomic E-state index is 0.916. The summed E-state index contributed by atoms with van der Waals surface area (Å²) in [6.07, 6.45) is 60.8. The molecule has 0 aromatic rings. The van der Waals surface area contributed by atoms with Crippen LogP contribution >= 0.6 is 0 Å². The third-order valence-electron chi connectivity index (χ3n) is 9.87. The molecule has 0 heterocycles. The van der Waals surface area contributed by atoms with E-state index in [1.54, 1.807) is 0 Å². The minimum atomic E-state index is 0.916. The second kappa shape index (κ2) is 41.1. The molecular formula is C47H79N3. The van der Waals surface area contributed by atoms with Crippen molar-refractivity contribution >= 4 is 0 Å². The van der Waals surface area contributed by atoms with E-state index in [9.17, 15) is 0 Å². The average Bonchev–Trinajstić information content (AvgIpc) is 3.12. The van der Waals surface area contributed by atoms with Gasteiger partial charge in [-0.2, -0.15) is 0 Å². The third kappa shape index (κ3) is 35.5. The van der Waals surface area contributed by atoms with E-state index in [4.69, 9.17) is 32.1 Å². The summed E-state index contributed by atoms with van der Waals surface area (Å²) in [5, 5.41) is 0. The average molecular weight is 686 g/mol. The van der Waals surface area contributed by atoms with Gasteiger partial charge in [-0.25, -0.2) is 0 Å². The van der Waals surface area contributed by atoms with Crippen molar-refractivity contribution in [3.8, 4) is 61.7 Å². The van der Waals surface area contributed by atoms with Gasteiger partial charge in [0.05, 0.1) is 0 Å². The predicted octanol–water partition coefficient (Wildman–Crippen LogP) is 11.0. The Morgan fingerprint density at radius 3 is 0.560 bits per heavy atom. The van der Waals surface area contributed by atoms with Gasteiger partial charge >= 0.3 is 0 Å². The van der Waals surface area contributed by atoms with Gasteiger partial charge in [-0.1, -0.05) is 64.2 Å². The molecule has 0 aliphatic heterocycles. The Balaban J connectivity index is 4.93. The zero-order valence-corrected chi connectivity index (χ0v) is 32.9. The SMILES string of the molecule is C#CCCCCCCN(CCCCCCC#C)CCCCN(CCCCCCC#C)CCCN(CCCCCCC#C)CCCCCCC#C. The molecule has 282 valence electrons. The molecule has 0 saturated carbocycles. The first-order valence-electron chi connectivity index (χ1n) is 21.1. The monoisotopic (exact) mass is 686 g/mol. The number of hydrogen-bond acceptors (Lipinski definition) is 3. The van der Waals surface area contributed by atoms with Gasteiger partial charge in [0.2, 0.25) is 0 Å². The van der Waals surface area contributed by atoms with Crippen LogP contribution in [-0.2, 0) is 0 Å². The number of terminal acetylenes is 5. The van der Waals surface area contributed by atoms with E-state index < -0.39 is 0 Å². The topological polar surface area (TPSA) is 9.72 Å². The maximum atomic E-state index is 5.49. The van der Waals surface area contributed by atoms with Crippen LogP contribution in [0.2, 0.25) is 0 Å². The Hall–Kier alpha value is -2.32. The number of nitrogens with zero attached hydrogens (tertiary/aromatic N) is 3. The normalized spacial score (nSPS) is 11.0. The standard InChI is InChI=1S/C47H79N3/c1-6-11-16-21-26-31-39-48(40-32-27-22-17-12-7-2)44-36-37-45-50(43-35-30-25-20-15-10-5)47-38-46-49(41-33-28-23-18-13-8-3)42-34-29-24-19-14-9-4/h1-5H,11-47H2. The molecule has 3 nitrogen and oxygen atoms in total. The molecule has 0 unspecified atom stereocenters. The summed E-state index contributed by atoms with van der Waals surface area (Å²) >= 11 is 0. The highest BCUT2D eigenvalue weighted by molar-refractivity contribution is 4.85. The Kier molecular flexibility index (Phi) is 39.2. The summed E-state index contributed by atoms with van der Waals surface area (Å²) in [6, 6.07) is 0. The fraction of sp³-hybridized carbons (Fsp3) is 0.787. The van der Waals surface area contributed by atoms with E-state index >= 15 is 0 Å². The number of unbranched alkanes of at least 4 members (excludes halogenated alkanes) is 21. The molecule has 0 fully saturated rings. The van der Waals surface area contributed by atoms with E-state index in [0.29, 0.717) is 0 Å². The van der Waals surface area contributed by atoms with Crippen LogP contribution in [-0.4, -0.2) is 73.6 Å². The maximum Gasteiger partial charge on any atom is 0.00860 e. The summed E-state index contributed by atoms with van der Waals surface area (Å²) in [5.41, 5.74) is 0. The van der Waals surface area contributed by atoms with Crippen LogP contribution in [0.25, 0.3) is 0 Å². The number of hydrogen-bond donors (Lipinski definition) is 0. The van der Waals surface area contributed by atoms with Crippen molar-refractivity contribution in [1.29, 1.82) is 0 Å². The molecule has 0 bridgehead atoms. The maximum absolute atomic E-state index is 5.49. The summed E-state index contributed by atoms with van der Waals surface area (Å²) in [5.74, 6) is 14.0. The van der Waals surface area contributed by atoms with Crippen molar-refractivity contribution in [2.75, 3.05) is 58.9 Å². The lowest BCUT2D eigenvalue weighted by Gasteiger charge is -2.27. The molecule has 0 spiro atoms. The van der Waals surface area contributed by atoms with Crippen molar-refractivity contribution in [1.82, 2.24) is 14.7 Å². The molecule has 0 rings (SSSR count). The fourth-order valence-electron chi connectivity index (χ4n) is 6.78. The summed E-state index contributed by atoms with van der Waals surface area (Å²) in [6.45, 7) is 11.0. The molecule has 0 N–H and O–H groups in total. The van der Waals surface area contributed by atoms with Crippen LogP contribution in [0.3, 0.4) is 0 Å². The van der Waals surface area contributed by atoms with Gasteiger partial charge in [0.15, 0.2) is 0 Å². The van der Waals surface area contributed by atoms with Crippen molar-refractivity contribution < 1.29 is 0 Å². The van der Waals surface area contributed by atoms with E-state index in [-0.39, 0.29) is 0 Å². The van der Waals surface area contributed by atoms with Gasteiger partial charge in [0, 0.05) is 32.1 Å². The minimum Gasteiger partial charge on any atom is -0.303 e. The molecule has 0 aliphatic carbocycles. The highest BCUT2D eigenvalue weighted by Crippen LogP contribution is 2.12. The Morgan fingerprint density at radius 2 is 0.360 bits per heavy atom. The van der Waals surface area contributed by atoms with Crippen molar-refractivity contribution in [2.45, 2.75) is 180 Å². The quantitative estimate of drug-likeness (QED) is 0.0471. The largest absolute Gasteiger partial charge is 0.303 e. The van der Waals surface area contributed by atoms with Gasteiger partial charge in [0.25, 0.3) is 0 Å². The van der Waals surface area contributed by atoms with E-state index in [2.05, 4.69) is 44.3 Å².